The second kappa shape index (κ2) is 7.23. The van der Waals surface area contributed by atoms with Crippen LogP contribution in [0.15, 0.2) is 70.1 Å². The number of hydrogen-bond donors (Lipinski definition) is 2. The second-order valence-corrected chi connectivity index (χ2v) is 6.40. The highest BCUT2D eigenvalue weighted by molar-refractivity contribution is 7.99. The van der Waals surface area contributed by atoms with Crippen molar-refractivity contribution in [3.8, 4) is 0 Å². The molecule has 1 fully saturated rings. The fourth-order valence-corrected chi connectivity index (χ4v) is 3.11. The van der Waals surface area contributed by atoms with Gasteiger partial charge < -0.3 is 10.4 Å². The molecule has 0 aromatic heterocycles. The summed E-state index contributed by atoms with van der Waals surface area (Å²) in [6, 6.07) is 16.7. The molecule has 1 saturated heterocycles. The Morgan fingerprint density at radius 1 is 1.04 bits per heavy atom. The minimum Gasteiger partial charge on any atom is -0.480 e. The monoisotopic (exact) mass is 354 g/mol. The van der Waals surface area contributed by atoms with Crippen molar-refractivity contribution >= 4 is 35.7 Å². The van der Waals surface area contributed by atoms with Crippen molar-refractivity contribution < 1.29 is 19.5 Å². The van der Waals surface area contributed by atoms with Gasteiger partial charge in [0, 0.05) is 9.79 Å². The largest absolute Gasteiger partial charge is 0.480 e. The molecule has 0 aliphatic carbocycles. The van der Waals surface area contributed by atoms with Crippen molar-refractivity contribution in [1.82, 2.24) is 10.2 Å². The van der Waals surface area contributed by atoms with Crippen LogP contribution >= 0.6 is 11.8 Å². The van der Waals surface area contributed by atoms with Crippen molar-refractivity contribution in [3.05, 3.63) is 65.9 Å². The van der Waals surface area contributed by atoms with Gasteiger partial charge >= 0.3 is 12.0 Å². The topological polar surface area (TPSA) is 86.7 Å². The average Bonchev–Trinajstić information content (AvgIpc) is 2.85. The van der Waals surface area contributed by atoms with Crippen LogP contribution in [0.5, 0.6) is 0 Å². The molecule has 1 aliphatic heterocycles. The first kappa shape index (κ1) is 16.8. The molecule has 25 heavy (non-hydrogen) atoms. The van der Waals surface area contributed by atoms with Gasteiger partial charge in [0.15, 0.2) is 0 Å². The first-order valence-electron chi connectivity index (χ1n) is 7.42. The van der Waals surface area contributed by atoms with Gasteiger partial charge in [-0.3, -0.25) is 9.59 Å². The van der Waals surface area contributed by atoms with Gasteiger partial charge in [0.25, 0.3) is 5.91 Å². The van der Waals surface area contributed by atoms with Gasteiger partial charge in [0.2, 0.25) is 0 Å². The van der Waals surface area contributed by atoms with E-state index in [9.17, 15) is 14.4 Å². The van der Waals surface area contributed by atoms with Crippen molar-refractivity contribution in [1.29, 1.82) is 0 Å². The number of imide groups is 1. The van der Waals surface area contributed by atoms with Crippen molar-refractivity contribution in [2.45, 2.75) is 9.79 Å². The number of carboxylic acid groups (broad SMARTS) is 1. The Morgan fingerprint density at radius 2 is 1.68 bits per heavy atom. The van der Waals surface area contributed by atoms with E-state index in [0.29, 0.717) is 4.90 Å². The quantitative estimate of drug-likeness (QED) is 0.637. The number of amides is 3. The number of carboxylic acids is 1. The van der Waals surface area contributed by atoms with Crippen LogP contribution in [0.4, 0.5) is 4.79 Å². The Labute approximate surface area is 148 Å². The van der Waals surface area contributed by atoms with Crippen LogP contribution in [0.3, 0.4) is 0 Å². The maximum atomic E-state index is 12.1. The normalized spacial score (nSPS) is 15.5. The smallest absolute Gasteiger partial charge is 0.329 e. The predicted molar refractivity (Wildman–Crippen MR) is 92.9 cm³/mol. The molecule has 7 heteroatoms. The highest BCUT2D eigenvalue weighted by atomic mass is 32.2. The van der Waals surface area contributed by atoms with E-state index in [1.54, 1.807) is 11.8 Å². The molecule has 2 N–H and O–H groups in total. The lowest BCUT2D eigenvalue weighted by Gasteiger charge is -2.06. The predicted octanol–water partition coefficient (Wildman–Crippen LogP) is 2.82. The maximum absolute atomic E-state index is 12.1. The van der Waals surface area contributed by atoms with Crippen LogP contribution < -0.4 is 5.32 Å². The summed E-state index contributed by atoms with van der Waals surface area (Å²) >= 11 is 1.62. The van der Waals surface area contributed by atoms with Crippen LogP contribution in [0.1, 0.15) is 5.56 Å². The summed E-state index contributed by atoms with van der Waals surface area (Å²) in [5.74, 6) is -1.89. The number of nitrogens with one attached hydrogen (secondary N) is 1. The first-order chi connectivity index (χ1) is 12.0. The number of rotatable bonds is 5. The highest BCUT2D eigenvalue weighted by Crippen LogP contribution is 2.27. The number of hydrogen-bond acceptors (Lipinski definition) is 4. The fourth-order valence-electron chi connectivity index (χ4n) is 2.27. The molecule has 2 aromatic rings. The Kier molecular flexibility index (Phi) is 4.85. The van der Waals surface area contributed by atoms with Crippen LogP contribution in [0, 0.1) is 0 Å². The summed E-state index contributed by atoms with van der Waals surface area (Å²) in [6.45, 7) is -0.658. The third-order valence-electron chi connectivity index (χ3n) is 3.43. The van der Waals surface area contributed by atoms with Crippen molar-refractivity contribution in [2.24, 2.45) is 0 Å². The van der Waals surface area contributed by atoms with Gasteiger partial charge in [-0.05, 0) is 35.9 Å². The SMILES string of the molecule is O=C(O)CN1C(=O)N/C(=C/c2ccc(Sc3ccccc3)cc2)C1=O. The molecule has 3 rings (SSSR count). The number of urea groups is 1. The Hall–Kier alpha value is -3.06. The number of nitrogens with zero attached hydrogens (tertiary/aromatic N) is 1. The summed E-state index contributed by atoms with van der Waals surface area (Å²) in [5, 5.41) is 11.1. The van der Waals surface area contributed by atoms with E-state index < -0.39 is 24.5 Å². The number of benzene rings is 2. The van der Waals surface area contributed by atoms with E-state index in [4.69, 9.17) is 5.11 Å². The number of aliphatic carboxylic acids is 1. The minimum atomic E-state index is -1.24. The van der Waals surface area contributed by atoms with E-state index >= 15 is 0 Å². The van der Waals surface area contributed by atoms with Gasteiger partial charge in [0.1, 0.15) is 12.2 Å². The third-order valence-corrected chi connectivity index (χ3v) is 4.44. The summed E-state index contributed by atoms with van der Waals surface area (Å²) in [6.07, 6.45) is 1.53. The van der Waals surface area contributed by atoms with Gasteiger partial charge in [-0.1, -0.05) is 42.1 Å². The van der Waals surface area contributed by atoms with Gasteiger partial charge in [-0.15, -0.1) is 0 Å². The van der Waals surface area contributed by atoms with E-state index in [1.807, 2.05) is 54.6 Å². The molecule has 0 unspecified atom stereocenters. The molecule has 6 nitrogen and oxygen atoms in total. The lowest BCUT2D eigenvalue weighted by Crippen LogP contribution is -2.35. The first-order valence-corrected chi connectivity index (χ1v) is 8.24. The molecule has 1 heterocycles. The molecule has 0 bridgehead atoms. The Morgan fingerprint density at radius 3 is 2.32 bits per heavy atom. The Bertz CT molecular complexity index is 847. The molecule has 0 spiro atoms. The summed E-state index contributed by atoms with van der Waals surface area (Å²) < 4.78 is 0. The van der Waals surface area contributed by atoms with E-state index in [0.717, 1.165) is 15.4 Å². The highest BCUT2D eigenvalue weighted by Gasteiger charge is 2.34. The molecule has 1 aliphatic rings. The second-order valence-electron chi connectivity index (χ2n) is 5.26. The van der Waals surface area contributed by atoms with E-state index in [1.165, 1.54) is 6.08 Å². The van der Waals surface area contributed by atoms with Gasteiger partial charge in [-0.2, -0.15) is 0 Å². The molecule has 3 amide bonds. The van der Waals surface area contributed by atoms with Crippen molar-refractivity contribution in [3.63, 3.8) is 0 Å². The van der Waals surface area contributed by atoms with Gasteiger partial charge in [-0.25, -0.2) is 9.69 Å². The number of carbonyl (C=O) groups excluding carboxylic acids is 2. The minimum absolute atomic E-state index is 0.0645. The zero-order valence-electron chi connectivity index (χ0n) is 13.0. The lowest BCUT2D eigenvalue weighted by molar-refractivity contribution is -0.140. The van der Waals surface area contributed by atoms with E-state index in [2.05, 4.69) is 5.32 Å². The van der Waals surface area contributed by atoms with Crippen LogP contribution in [0.25, 0.3) is 6.08 Å². The molecule has 2 aromatic carbocycles. The summed E-state index contributed by atoms with van der Waals surface area (Å²) in [7, 11) is 0. The lowest BCUT2D eigenvalue weighted by atomic mass is 10.2. The number of carbonyl (C=O) groups is 3. The Balaban J connectivity index is 1.72. The van der Waals surface area contributed by atoms with Gasteiger partial charge in [0.05, 0.1) is 0 Å². The van der Waals surface area contributed by atoms with E-state index in [-0.39, 0.29) is 5.70 Å². The molecule has 126 valence electrons. The van der Waals surface area contributed by atoms with Crippen LogP contribution in [0.2, 0.25) is 0 Å². The van der Waals surface area contributed by atoms with Crippen molar-refractivity contribution in [2.75, 3.05) is 6.54 Å². The summed E-state index contributed by atoms with van der Waals surface area (Å²) in [5.41, 5.74) is 0.799. The summed E-state index contributed by atoms with van der Waals surface area (Å²) in [4.78, 5) is 37.3. The molecular weight excluding hydrogens is 340 g/mol. The molecule has 0 radical (unpaired) electrons. The molecule has 0 atom stereocenters. The zero-order valence-corrected chi connectivity index (χ0v) is 13.8. The zero-order chi connectivity index (χ0) is 17.8. The molecule has 0 saturated carbocycles. The van der Waals surface area contributed by atoms with Crippen LogP contribution in [-0.2, 0) is 9.59 Å². The third kappa shape index (κ3) is 4.07. The van der Waals surface area contributed by atoms with Crippen LogP contribution in [-0.4, -0.2) is 34.5 Å². The molecular formula is C18H14N2O4S. The fraction of sp³-hybridized carbons (Fsp3) is 0.0556. The average molecular weight is 354 g/mol. The standard InChI is InChI=1S/C18H14N2O4S/c21-16(22)11-20-17(23)15(19-18(20)24)10-12-6-8-14(9-7-12)25-13-4-2-1-3-5-13/h1-10H,11H2,(H,19,24)(H,21,22)/b15-10+. The maximum Gasteiger partial charge on any atom is 0.329 e.